The van der Waals surface area contributed by atoms with E-state index in [0.717, 1.165) is 22.4 Å². The maximum atomic E-state index is 12.7. The zero-order chi connectivity index (χ0) is 20.6. The number of amides is 2. The van der Waals surface area contributed by atoms with Gasteiger partial charge in [0.2, 0.25) is 11.8 Å². The van der Waals surface area contributed by atoms with Gasteiger partial charge in [-0.2, -0.15) is 0 Å². The van der Waals surface area contributed by atoms with Crippen molar-refractivity contribution >= 4 is 17.5 Å². The molecular formula is C25H26N2O2. The van der Waals surface area contributed by atoms with Gasteiger partial charge in [0.15, 0.2) is 0 Å². The first-order valence-corrected chi connectivity index (χ1v) is 9.72. The van der Waals surface area contributed by atoms with E-state index in [1.165, 1.54) is 0 Å². The first-order chi connectivity index (χ1) is 14.0. The molecule has 0 saturated carbocycles. The highest BCUT2D eigenvalue weighted by Gasteiger charge is 2.18. The number of nitrogens with zero attached hydrogens (tertiary/aromatic N) is 1. The third kappa shape index (κ3) is 5.79. The van der Waals surface area contributed by atoms with E-state index in [-0.39, 0.29) is 17.7 Å². The zero-order valence-corrected chi connectivity index (χ0v) is 16.8. The number of carbonyl (C=O) groups excluding carboxylic acids is 2. The summed E-state index contributed by atoms with van der Waals surface area (Å²) < 4.78 is 0. The van der Waals surface area contributed by atoms with E-state index >= 15 is 0 Å². The first kappa shape index (κ1) is 20.3. The molecular weight excluding hydrogens is 360 g/mol. The Balaban J connectivity index is 1.68. The standard InChI is InChI=1S/C25H26N2O2/c1-27(2)25(29)17-19-13-15-22(16-14-19)26-24(28)18-23(20-9-5-3-6-10-20)21-11-7-4-8-12-21/h3-16,23H,17-18H2,1-2H3,(H,26,28). The van der Waals surface area contributed by atoms with Gasteiger partial charge in [0, 0.05) is 32.1 Å². The van der Waals surface area contributed by atoms with Crippen LogP contribution in [0.3, 0.4) is 0 Å². The smallest absolute Gasteiger partial charge is 0.226 e. The Labute approximate surface area is 172 Å². The molecule has 0 fully saturated rings. The number of carbonyl (C=O) groups is 2. The van der Waals surface area contributed by atoms with Gasteiger partial charge in [0.25, 0.3) is 0 Å². The molecule has 0 radical (unpaired) electrons. The van der Waals surface area contributed by atoms with Crippen LogP contribution in [-0.4, -0.2) is 30.8 Å². The van der Waals surface area contributed by atoms with Crippen molar-refractivity contribution in [3.8, 4) is 0 Å². The van der Waals surface area contributed by atoms with Crippen molar-refractivity contribution in [3.63, 3.8) is 0 Å². The Kier molecular flexibility index (Phi) is 6.80. The second-order valence-corrected chi connectivity index (χ2v) is 7.29. The number of hydrogen-bond acceptors (Lipinski definition) is 2. The minimum absolute atomic E-state index is 0.00520. The van der Waals surface area contributed by atoms with Gasteiger partial charge in [-0.05, 0) is 28.8 Å². The second-order valence-electron chi connectivity index (χ2n) is 7.29. The predicted molar refractivity (Wildman–Crippen MR) is 117 cm³/mol. The van der Waals surface area contributed by atoms with Crippen LogP contribution < -0.4 is 5.32 Å². The van der Waals surface area contributed by atoms with Gasteiger partial charge in [-0.15, -0.1) is 0 Å². The largest absolute Gasteiger partial charge is 0.349 e. The van der Waals surface area contributed by atoms with Crippen LogP contribution in [0.5, 0.6) is 0 Å². The lowest BCUT2D eigenvalue weighted by Crippen LogP contribution is -2.23. The number of likely N-dealkylation sites (N-methyl/N-ethyl adjacent to an activating group) is 1. The van der Waals surface area contributed by atoms with Crippen molar-refractivity contribution in [2.24, 2.45) is 0 Å². The highest BCUT2D eigenvalue weighted by molar-refractivity contribution is 5.91. The molecule has 4 nitrogen and oxygen atoms in total. The van der Waals surface area contributed by atoms with Gasteiger partial charge in [0.05, 0.1) is 6.42 Å². The quantitative estimate of drug-likeness (QED) is 0.651. The number of benzene rings is 3. The molecule has 3 rings (SSSR count). The van der Waals surface area contributed by atoms with Crippen molar-refractivity contribution in [3.05, 3.63) is 102 Å². The second kappa shape index (κ2) is 9.69. The Morgan fingerprint density at radius 2 is 1.31 bits per heavy atom. The predicted octanol–water partition coefficient (Wildman–Crippen LogP) is 4.48. The lowest BCUT2D eigenvalue weighted by atomic mass is 9.88. The molecule has 0 unspecified atom stereocenters. The van der Waals surface area contributed by atoms with Crippen LogP contribution in [0.1, 0.15) is 29.0 Å². The highest BCUT2D eigenvalue weighted by Crippen LogP contribution is 2.28. The van der Waals surface area contributed by atoms with E-state index in [9.17, 15) is 9.59 Å². The summed E-state index contributed by atoms with van der Waals surface area (Å²) in [6, 6.07) is 27.6. The normalized spacial score (nSPS) is 10.6. The van der Waals surface area contributed by atoms with E-state index in [4.69, 9.17) is 0 Å². The minimum atomic E-state index is -0.0418. The van der Waals surface area contributed by atoms with E-state index in [1.807, 2.05) is 60.7 Å². The molecule has 29 heavy (non-hydrogen) atoms. The Bertz CT molecular complexity index is 896. The molecule has 0 bridgehead atoms. The van der Waals surface area contributed by atoms with E-state index in [1.54, 1.807) is 19.0 Å². The number of hydrogen-bond donors (Lipinski definition) is 1. The molecule has 2 amide bonds. The lowest BCUT2D eigenvalue weighted by Gasteiger charge is -2.18. The van der Waals surface area contributed by atoms with Crippen LogP contribution in [0.25, 0.3) is 0 Å². The summed E-state index contributed by atoms with van der Waals surface area (Å²) in [5.74, 6) is 0.00422. The average Bonchev–Trinajstić information content (AvgIpc) is 2.74. The molecule has 0 spiro atoms. The zero-order valence-electron chi connectivity index (χ0n) is 16.8. The molecule has 0 aliphatic carbocycles. The van der Waals surface area contributed by atoms with Crippen LogP contribution in [0, 0.1) is 0 Å². The van der Waals surface area contributed by atoms with Crippen molar-refractivity contribution in [1.29, 1.82) is 0 Å². The molecule has 0 aliphatic rings. The molecule has 0 atom stereocenters. The minimum Gasteiger partial charge on any atom is -0.349 e. The van der Waals surface area contributed by atoms with Crippen LogP contribution in [0.15, 0.2) is 84.9 Å². The fourth-order valence-electron chi connectivity index (χ4n) is 3.23. The SMILES string of the molecule is CN(C)C(=O)Cc1ccc(NC(=O)CC(c2ccccc2)c2ccccc2)cc1. The summed E-state index contributed by atoms with van der Waals surface area (Å²) in [6.07, 6.45) is 0.709. The molecule has 0 saturated heterocycles. The third-order valence-electron chi connectivity index (χ3n) is 4.89. The summed E-state index contributed by atoms with van der Waals surface area (Å²) in [4.78, 5) is 26.1. The van der Waals surface area contributed by atoms with Gasteiger partial charge in [-0.1, -0.05) is 72.8 Å². The fraction of sp³-hybridized carbons (Fsp3) is 0.200. The number of rotatable bonds is 7. The molecule has 0 heterocycles. The van der Waals surface area contributed by atoms with Gasteiger partial charge < -0.3 is 10.2 Å². The lowest BCUT2D eigenvalue weighted by molar-refractivity contribution is -0.128. The van der Waals surface area contributed by atoms with Crippen molar-refractivity contribution in [2.45, 2.75) is 18.8 Å². The van der Waals surface area contributed by atoms with Crippen LogP contribution in [-0.2, 0) is 16.0 Å². The molecule has 3 aromatic rings. The van der Waals surface area contributed by atoms with E-state index in [0.29, 0.717) is 12.8 Å². The molecule has 3 aromatic carbocycles. The number of nitrogens with one attached hydrogen (secondary N) is 1. The topological polar surface area (TPSA) is 49.4 Å². The summed E-state index contributed by atoms with van der Waals surface area (Å²) >= 11 is 0. The Hall–Kier alpha value is -3.40. The van der Waals surface area contributed by atoms with Crippen LogP contribution in [0.4, 0.5) is 5.69 Å². The third-order valence-corrected chi connectivity index (χ3v) is 4.89. The van der Waals surface area contributed by atoms with E-state index < -0.39 is 0 Å². The van der Waals surface area contributed by atoms with Crippen LogP contribution >= 0.6 is 0 Å². The fourth-order valence-corrected chi connectivity index (χ4v) is 3.23. The molecule has 0 aliphatic heterocycles. The Morgan fingerprint density at radius 1 is 0.793 bits per heavy atom. The molecule has 148 valence electrons. The van der Waals surface area contributed by atoms with Crippen LogP contribution in [0.2, 0.25) is 0 Å². The van der Waals surface area contributed by atoms with Crippen molar-refractivity contribution in [2.75, 3.05) is 19.4 Å². The first-order valence-electron chi connectivity index (χ1n) is 9.72. The monoisotopic (exact) mass is 386 g/mol. The van der Waals surface area contributed by atoms with E-state index in [2.05, 4.69) is 29.6 Å². The molecule has 0 aromatic heterocycles. The van der Waals surface area contributed by atoms with Crippen molar-refractivity contribution in [1.82, 2.24) is 4.90 Å². The average molecular weight is 386 g/mol. The summed E-state index contributed by atoms with van der Waals surface area (Å²) in [7, 11) is 3.49. The highest BCUT2D eigenvalue weighted by atomic mass is 16.2. The molecule has 1 N–H and O–H groups in total. The Morgan fingerprint density at radius 3 is 1.79 bits per heavy atom. The summed E-state index contributed by atoms with van der Waals surface area (Å²) in [5.41, 5.74) is 3.89. The summed E-state index contributed by atoms with van der Waals surface area (Å²) in [5, 5.41) is 2.98. The van der Waals surface area contributed by atoms with Gasteiger partial charge in [-0.3, -0.25) is 9.59 Å². The van der Waals surface area contributed by atoms with Gasteiger partial charge in [0.1, 0.15) is 0 Å². The maximum absolute atomic E-state index is 12.7. The summed E-state index contributed by atoms with van der Waals surface area (Å²) in [6.45, 7) is 0. The van der Waals surface area contributed by atoms with Crippen molar-refractivity contribution < 1.29 is 9.59 Å². The maximum Gasteiger partial charge on any atom is 0.226 e. The van der Waals surface area contributed by atoms with Gasteiger partial charge >= 0.3 is 0 Å². The number of anilines is 1. The molecule has 4 heteroatoms. The van der Waals surface area contributed by atoms with Gasteiger partial charge in [-0.25, -0.2) is 0 Å².